The van der Waals surface area contributed by atoms with Crippen molar-refractivity contribution in [3.63, 3.8) is 0 Å². The summed E-state index contributed by atoms with van der Waals surface area (Å²) in [5.41, 5.74) is 1.49. The Bertz CT molecular complexity index is 1290. The van der Waals surface area contributed by atoms with Gasteiger partial charge in [0.1, 0.15) is 0 Å². The second-order valence-corrected chi connectivity index (χ2v) is 11.6. The number of benzene rings is 1. The molecule has 34 heavy (non-hydrogen) atoms. The number of fused-ring (bicyclic) bond motifs is 3. The third-order valence-corrected chi connectivity index (χ3v) is 8.44. The van der Waals surface area contributed by atoms with E-state index in [4.69, 9.17) is 9.73 Å². The van der Waals surface area contributed by atoms with Crippen molar-refractivity contribution in [2.24, 2.45) is 12.0 Å². The quantitative estimate of drug-likeness (QED) is 0.610. The maximum absolute atomic E-state index is 13.7. The number of hydrogen-bond donors (Lipinski definition) is 1. The monoisotopic (exact) mass is 484 g/mol. The summed E-state index contributed by atoms with van der Waals surface area (Å²) in [7, 11) is -1.92. The van der Waals surface area contributed by atoms with Crippen molar-refractivity contribution < 1.29 is 17.9 Å². The molecule has 11 heteroatoms. The number of rotatable bonds is 8. The van der Waals surface area contributed by atoms with E-state index in [9.17, 15) is 13.2 Å². The van der Waals surface area contributed by atoms with Gasteiger partial charge in [-0.15, -0.1) is 0 Å². The first-order chi connectivity index (χ1) is 16.2. The second-order valence-electron chi connectivity index (χ2n) is 9.96. The number of nitrogens with one attached hydrogen (secondary N) is 1. The number of sulfonamides is 1. The molecule has 2 saturated carbocycles. The van der Waals surface area contributed by atoms with E-state index in [-0.39, 0.29) is 16.8 Å². The van der Waals surface area contributed by atoms with Gasteiger partial charge in [0.2, 0.25) is 16.0 Å². The number of amides is 1. The van der Waals surface area contributed by atoms with Crippen molar-refractivity contribution >= 4 is 27.6 Å². The topological polar surface area (TPSA) is 109 Å². The summed E-state index contributed by atoms with van der Waals surface area (Å²) in [6, 6.07) is 4.75. The Morgan fingerprint density at radius 2 is 2.06 bits per heavy atom. The van der Waals surface area contributed by atoms with E-state index in [2.05, 4.69) is 9.82 Å². The van der Waals surface area contributed by atoms with Crippen LogP contribution in [-0.2, 0) is 28.4 Å². The molecule has 1 aromatic carbocycles. The van der Waals surface area contributed by atoms with Crippen LogP contribution in [0.3, 0.4) is 0 Å². The number of aliphatic imine (C=N–C) groups is 1. The fourth-order valence-electron chi connectivity index (χ4n) is 4.49. The van der Waals surface area contributed by atoms with Crippen LogP contribution in [0.4, 0.5) is 5.69 Å². The van der Waals surface area contributed by atoms with Gasteiger partial charge in [-0.25, -0.2) is 18.1 Å². The molecule has 0 bridgehead atoms. The number of hydrogen-bond acceptors (Lipinski definition) is 7. The molecule has 1 N–H and O–H groups in total. The molecule has 180 valence electrons. The van der Waals surface area contributed by atoms with E-state index in [0.717, 1.165) is 31.2 Å². The number of anilines is 1. The molecule has 2 aromatic rings. The summed E-state index contributed by atoms with van der Waals surface area (Å²) < 4.78 is 36.5. The molecule has 1 amide bonds. The average molecular weight is 485 g/mol. The molecular formula is C23H28N6O4S. The first-order valence-electron chi connectivity index (χ1n) is 11.7. The lowest BCUT2D eigenvalue weighted by molar-refractivity contribution is 0.0827. The van der Waals surface area contributed by atoms with Crippen LogP contribution in [0.25, 0.3) is 0 Å². The molecular weight excluding hydrogens is 456 g/mol. The van der Waals surface area contributed by atoms with E-state index >= 15 is 0 Å². The highest BCUT2D eigenvalue weighted by molar-refractivity contribution is 7.89. The van der Waals surface area contributed by atoms with Crippen LogP contribution in [0.2, 0.25) is 0 Å². The predicted molar refractivity (Wildman–Crippen MR) is 125 cm³/mol. The largest absolute Gasteiger partial charge is 0.376 e. The van der Waals surface area contributed by atoms with E-state index in [1.807, 2.05) is 25.1 Å². The van der Waals surface area contributed by atoms with Crippen LogP contribution in [0.5, 0.6) is 0 Å². The molecule has 1 aromatic heterocycles. The fourth-order valence-corrected chi connectivity index (χ4v) is 5.98. The van der Waals surface area contributed by atoms with Crippen LogP contribution < -0.4 is 9.62 Å². The number of aromatic nitrogens is 2. The van der Waals surface area contributed by atoms with Gasteiger partial charge in [0.15, 0.2) is 0 Å². The van der Waals surface area contributed by atoms with Gasteiger partial charge in [-0.2, -0.15) is 5.10 Å². The minimum Gasteiger partial charge on any atom is -0.376 e. The van der Waals surface area contributed by atoms with Crippen LogP contribution in [-0.4, -0.2) is 65.8 Å². The fraction of sp³-hybridized carbons (Fsp3) is 0.522. The summed E-state index contributed by atoms with van der Waals surface area (Å²) in [6.07, 6.45) is 7.67. The minimum atomic E-state index is -3.74. The van der Waals surface area contributed by atoms with Crippen molar-refractivity contribution in [3.8, 4) is 0 Å². The van der Waals surface area contributed by atoms with Gasteiger partial charge in [0.25, 0.3) is 5.91 Å². The van der Waals surface area contributed by atoms with Crippen LogP contribution in [0.15, 0.2) is 40.5 Å². The van der Waals surface area contributed by atoms with Gasteiger partial charge in [0, 0.05) is 24.3 Å². The third-order valence-electron chi connectivity index (χ3n) is 6.81. The number of ether oxygens (including phenoxy) is 1. The van der Waals surface area contributed by atoms with Gasteiger partial charge < -0.3 is 9.64 Å². The van der Waals surface area contributed by atoms with E-state index in [0.29, 0.717) is 43.0 Å². The predicted octanol–water partition coefficient (Wildman–Crippen LogP) is 1.63. The molecule has 3 heterocycles. The molecule has 10 nitrogen and oxygen atoms in total. The highest BCUT2D eigenvalue weighted by Gasteiger charge is 2.44. The second kappa shape index (κ2) is 7.62. The summed E-state index contributed by atoms with van der Waals surface area (Å²) in [4.78, 5) is 22.1. The summed E-state index contributed by atoms with van der Waals surface area (Å²) in [5, 5.41) is 4.21. The van der Waals surface area contributed by atoms with Gasteiger partial charge in [-0.05, 0) is 50.8 Å². The third kappa shape index (κ3) is 3.91. The molecule has 1 atom stereocenters. The summed E-state index contributed by atoms with van der Waals surface area (Å²) in [5.74, 6) is 0.303. The van der Waals surface area contributed by atoms with Crippen molar-refractivity contribution in [1.29, 1.82) is 0 Å². The Hall–Kier alpha value is -2.76. The molecule has 2 aliphatic carbocycles. The van der Waals surface area contributed by atoms with Gasteiger partial charge in [-0.1, -0.05) is 0 Å². The molecule has 0 saturated heterocycles. The zero-order valence-corrected chi connectivity index (χ0v) is 20.1. The molecule has 0 spiro atoms. The summed E-state index contributed by atoms with van der Waals surface area (Å²) >= 11 is 0. The lowest BCUT2D eigenvalue weighted by Crippen LogP contribution is -2.53. The van der Waals surface area contributed by atoms with Crippen molar-refractivity contribution in [2.75, 3.05) is 18.1 Å². The number of nitrogens with zero attached hydrogens (tertiary/aromatic N) is 5. The lowest BCUT2D eigenvalue weighted by Gasteiger charge is -2.38. The van der Waals surface area contributed by atoms with Crippen LogP contribution >= 0.6 is 0 Å². The van der Waals surface area contributed by atoms with Gasteiger partial charge in [0.05, 0.1) is 54.2 Å². The Labute approximate surface area is 198 Å². The molecule has 6 rings (SSSR count). The van der Waals surface area contributed by atoms with E-state index < -0.39 is 15.6 Å². The van der Waals surface area contributed by atoms with E-state index in [1.165, 1.54) is 6.07 Å². The first kappa shape index (κ1) is 21.8. The average Bonchev–Trinajstić information content (AvgIpc) is 3.67. The minimum absolute atomic E-state index is 0.0511. The van der Waals surface area contributed by atoms with Gasteiger partial charge in [-0.3, -0.25) is 14.4 Å². The number of carbonyl (C=O) groups excluding carboxylic acids is 1. The molecule has 0 unspecified atom stereocenters. The van der Waals surface area contributed by atoms with Crippen molar-refractivity contribution in [2.45, 2.75) is 61.7 Å². The highest BCUT2D eigenvalue weighted by atomic mass is 32.2. The van der Waals surface area contributed by atoms with Crippen molar-refractivity contribution in [1.82, 2.24) is 19.4 Å². The normalized spacial score (nSPS) is 23.1. The SMILES string of the molecule is Cn1cc(CN2C(=O)c3cc(S(=O)(=O)NC4(C)CC4)ccc3N3C2=NC[C@H]3COC2CC2)cn1. The number of guanidine groups is 1. The van der Waals surface area contributed by atoms with Crippen molar-refractivity contribution in [3.05, 3.63) is 41.7 Å². The van der Waals surface area contributed by atoms with Crippen LogP contribution in [0.1, 0.15) is 48.5 Å². The Kier molecular flexibility index (Phi) is 4.88. The highest BCUT2D eigenvalue weighted by Crippen LogP contribution is 2.38. The Morgan fingerprint density at radius 1 is 1.26 bits per heavy atom. The Morgan fingerprint density at radius 3 is 2.74 bits per heavy atom. The van der Waals surface area contributed by atoms with E-state index in [1.54, 1.807) is 27.9 Å². The number of aryl methyl sites for hydroxylation is 1. The van der Waals surface area contributed by atoms with Gasteiger partial charge >= 0.3 is 0 Å². The molecule has 2 aliphatic heterocycles. The maximum atomic E-state index is 13.7. The smallest absolute Gasteiger partial charge is 0.263 e. The van der Waals surface area contributed by atoms with Crippen LogP contribution in [0, 0.1) is 0 Å². The zero-order valence-electron chi connectivity index (χ0n) is 19.3. The molecule has 4 aliphatic rings. The molecule has 0 radical (unpaired) electrons. The zero-order chi connectivity index (χ0) is 23.7. The number of carbonyl (C=O) groups is 1. The summed E-state index contributed by atoms with van der Waals surface area (Å²) in [6.45, 7) is 3.20. The standard InChI is InChI=1S/C23H28N6O4S/c1-23(7-8-23)26-34(31,32)18-5-6-20-19(9-18)21(30)28(13-15-10-25-27(2)12-15)22-24-11-16(29(20)22)14-33-17-3-4-17/h5-6,9-10,12,16-17,26H,3-4,7-8,11,13-14H2,1-2H3/t16-/m0/s1. The Balaban J connectivity index is 1.37. The maximum Gasteiger partial charge on any atom is 0.263 e. The first-order valence-corrected chi connectivity index (χ1v) is 13.1. The lowest BCUT2D eigenvalue weighted by atomic mass is 10.1. The molecule has 2 fully saturated rings.